The van der Waals surface area contributed by atoms with E-state index in [1.807, 2.05) is 32.0 Å². The first-order valence-electron chi connectivity index (χ1n) is 22.2. The van der Waals surface area contributed by atoms with E-state index in [4.69, 9.17) is 26.1 Å². The summed E-state index contributed by atoms with van der Waals surface area (Å²) >= 11 is 6.59. The molecule has 342 valence electrons. The highest BCUT2D eigenvalue weighted by Gasteiger charge is 2.46. The molecular weight excluding hydrogens is 858 g/mol. The number of carbonyl (C=O) groups excluding carboxylic acids is 5. The van der Waals surface area contributed by atoms with Crippen LogP contribution in [0.25, 0.3) is 10.9 Å². The Kier molecular flexibility index (Phi) is 12.1. The van der Waals surface area contributed by atoms with E-state index in [1.165, 1.54) is 7.05 Å². The van der Waals surface area contributed by atoms with E-state index in [2.05, 4.69) is 30.7 Å². The number of likely N-dealkylation sites (N-methyl/N-ethyl adjacent to an activating group) is 1. The van der Waals surface area contributed by atoms with Gasteiger partial charge in [-0.2, -0.15) is 4.98 Å². The van der Waals surface area contributed by atoms with Gasteiger partial charge in [0.05, 0.1) is 40.6 Å². The standard InChI is InChI=1S/C46H52ClN9O9/c1-25(2)55-35-7-5-28(18-26(35)19-37(44(55)62)64-24-39(58)48-3)50-40-34(47)23-49-45(52-40)54-14-10-30(11-15-54)65-31-21-29(22-31)53-16-12-46(63,13-17-53)27-4-6-32-33(20-27)43(61)56(42(32)60)36-8-9-38(57)51-41(36)59/h4-7,18-20,23,25,29-31,36,63H,8-17,21-22,24H2,1-3H3,(H,48,58)(H,49,50,52)(H,51,57,59)/t29-,31-,36?. The number of piperidine rings is 3. The van der Waals surface area contributed by atoms with Crippen LogP contribution in [0.2, 0.25) is 5.02 Å². The molecule has 2 aromatic carbocycles. The summed E-state index contributed by atoms with van der Waals surface area (Å²) in [6.45, 7) is 6.32. The maximum absolute atomic E-state index is 13.4. The maximum atomic E-state index is 13.4. The monoisotopic (exact) mass is 909 g/mol. The second kappa shape index (κ2) is 17.8. The van der Waals surface area contributed by atoms with Gasteiger partial charge in [0.25, 0.3) is 23.3 Å². The van der Waals surface area contributed by atoms with Gasteiger partial charge in [-0.25, -0.2) is 4.98 Å². The molecule has 1 aliphatic carbocycles. The molecule has 5 aliphatic rings. The van der Waals surface area contributed by atoms with Crippen LogP contribution in [0.4, 0.5) is 17.5 Å². The maximum Gasteiger partial charge on any atom is 0.293 e. The Morgan fingerprint density at radius 3 is 2.40 bits per heavy atom. The lowest BCUT2D eigenvalue weighted by Crippen LogP contribution is -2.54. The van der Waals surface area contributed by atoms with Gasteiger partial charge in [-0.3, -0.25) is 43.9 Å². The first kappa shape index (κ1) is 44.3. The van der Waals surface area contributed by atoms with Crippen LogP contribution < -0.4 is 31.1 Å². The highest BCUT2D eigenvalue weighted by Crippen LogP contribution is 2.40. The van der Waals surface area contributed by atoms with E-state index >= 15 is 0 Å². The highest BCUT2D eigenvalue weighted by molar-refractivity contribution is 6.33. The second-order valence-electron chi connectivity index (χ2n) is 17.8. The summed E-state index contributed by atoms with van der Waals surface area (Å²) in [6, 6.07) is 11.2. The van der Waals surface area contributed by atoms with Crippen molar-refractivity contribution < 1.29 is 38.6 Å². The van der Waals surface area contributed by atoms with Crippen molar-refractivity contribution in [2.24, 2.45) is 0 Å². The molecule has 0 bridgehead atoms. The van der Waals surface area contributed by atoms with E-state index in [1.54, 1.807) is 35.0 Å². The topological polar surface area (TPSA) is 218 Å². The number of hydrogen-bond donors (Lipinski definition) is 4. The van der Waals surface area contributed by atoms with E-state index in [0.717, 1.165) is 41.5 Å². The number of rotatable bonds is 12. The highest BCUT2D eigenvalue weighted by atomic mass is 35.5. The number of pyridine rings is 1. The number of ether oxygens (including phenoxy) is 2. The van der Waals surface area contributed by atoms with Gasteiger partial charge in [-0.15, -0.1) is 0 Å². The Morgan fingerprint density at radius 1 is 0.954 bits per heavy atom. The van der Waals surface area contributed by atoms with Gasteiger partial charge >= 0.3 is 0 Å². The number of likely N-dealkylation sites (tertiary alicyclic amines) is 1. The Balaban J connectivity index is 0.754. The van der Waals surface area contributed by atoms with Crippen molar-refractivity contribution in [2.75, 3.05) is 50.1 Å². The molecule has 1 unspecified atom stereocenters. The van der Waals surface area contributed by atoms with E-state index in [0.29, 0.717) is 73.1 Å². The van der Waals surface area contributed by atoms with Gasteiger partial charge in [-0.05, 0) is 101 Å². The van der Waals surface area contributed by atoms with Crippen LogP contribution in [0.1, 0.15) is 97.5 Å². The molecule has 1 atom stereocenters. The van der Waals surface area contributed by atoms with Crippen LogP contribution in [-0.2, 0) is 24.7 Å². The van der Waals surface area contributed by atoms with E-state index < -0.39 is 35.3 Å². The van der Waals surface area contributed by atoms with Crippen LogP contribution in [0, 0.1) is 0 Å². The summed E-state index contributed by atoms with van der Waals surface area (Å²) in [6.07, 6.45) is 6.38. The summed E-state index contributed by atoms with van der Waals surface area (Å²) in [7, 11) is 1.51. The summed E-state index contributed by atoms with van der Waals surface area (Å²) in [4.78, 5) is 90.6. The van der Waals surface area contributed by atoms with Crippen molar-refractivity contribution in [3.8, 4) is 5.75 Å². The smallest absolute Gasteiger partial charge is 0.293 e. The van der Waals surface area contributed by atoms with Gasteiger partial charge in [-0.1, -0.05) is 17.7 Å². The molecule has 4 N–H and O–H groups in total. The Morgan fingerprint density at radius 2 is 1.69 bits per heavy atom. The number of anilines is 3. The zero-order chi connectivity index (χ0) is 45.7. The van der Waals surface area contributed by atoms with Crippen molar-refractivity contribution in [3.63, 3.8) is 0 Å². The molecule has 2 aromatic heterocycles. The molecule has 9 rings (SSSR count). The number of benzene rings is 2. The molecule has 4 aromatic rings. The van der Waals surface area contributed by atoms with Crippen molar-refractivity contribution in [3.05, 3.63) is 80.7 Å². The molecule has 3 saturated heterocycles. The van der Waals surface area contributed by atoms with Crippen LogP contribution in [0.15, 0.2) is 53.5 Å². The van der Waals surface area contributed by atoms with Crippen molar-refractivity contribution in [1.29, 1.82) is 0 Å². The molecule has 4 aliphatic heterocycles. The molecule has 19 heteroatoms. The molecule has 1 saturated carbocycles. The van der Waals surface area contributed by atoms with Gasteiger partial charge < -0.3 is 34.7 Å². The molecule has 65 heavy (non-hydrogen) atoms. The summed E-state index contributed by atoms with van der Waals surface area (Å²) in [5.74, 6) is -1.51. The lowest BCUT2D eigenvalue weighted by Gasteiger charge is -2.48. The fourth-order valence-electron chi connectivity index (χ4n) is 9.68. The fourth-order valence-corrected chi connectivity index (χ4v) is 9.82. The second-order valence-corrected chi connectivity index (χ2v) is 18.3. The number of carbonyl (C=O) groups is 5. The summed E-state index contributed by atoms with van der Waals surface area (Å²) in [5.41, 5.74) is 0.870. The number of halogens is 1. The first-order chi connectivity index (χ1) is 31.2. The number of imide groups is 2. The number of aromatic nitrogens is 3. The van der Waals surface area contributed by atoms with Crippen molar-refractivity contribution in [1.82, 2.24) is 35.0 Å². The Hall–Kier alpha value is -5.95. The number of aliphatic hydroxyl groups is 1. The zero-order valence-corrected chi connectivity index (χ0v) is 37.2. The van der Waals surface area contributed by atoms with E-state index in [9.17, 15) is 33.9 Å². The molecule has 18 nitrogen and oxygen atoms in total. The molecule has 4 fully saturated rings. The van der Waals surface area contributed by atoms with Gasteiger partial charge in [0, 0.05) is 62.8 Å². The lowest BCUT2D eigenvalue weighted by atomic mass is 9.80. The Labute approximate surface area is 379 Å². The third-order valence-corrected chi connectivity index (χ3v) is 13.7. The normalized spacial score (nSPS) is 22.5. The minimum atomic E-state index is -1.16. The van der Waals surface area contributed by atoms with Gasteiger partial charge in [0.2, 0.25) is 17.8 Å². The molecule has 5 amide bonds. The third-order valence-electron chi connectivity index (χ3n) is 13.4. The largest absolute Gasteiger partial charge is 0.478 e. The number of amides is 5. The lowest BCUT2D eigenvalue weighted by molar-refractivity contribution is -0.136. The predicted octanol–water partition coefficient (Wildman–Crippen LogP) is 3.80. The van der Waals surface area contributed by atoms with E-state index in [-0.39, 0.29) is 66.0 Å². The molecule has 6 heterocycles. The van der Waals surface area contributed by atoms with Crippen LogP contribution in [0.5, 0.6) is 5.75 Å². The van der Waals surface area contributed by atoms with Crippen LogP contribution in [-0.4, -0.2) is 123 Å². The molecule has 0 radical (unpaired) electrons. The number of hydrogen-bond acceptors (Lipinski definition) is 14. The van der Waals surface area contributed by atoms with Crippen LogP contribution in [0.3, 0.4) is 0 Å². The SMILES string of the molecule is CNC(=O)COc1cc2cc(Nc3nc(N4CCC(O[C@H]5C[C@H](N6CCC(O)(c7ccc8c(c7)C(=O)N(C7CCC(=O)NC7=O)C8=O)CC6)C5)CC4)ncc3Cl)ccc2n(C(C)C)c1=O. The average molecular weight is 910 g/mol. The third kappa shape index (κ3) is 8.67. The van der Waals surface area contributed by atoms with Gasteiger partial charge in [0.1, 0.15) is 11.1 Å². The minimum Gasteiger partial charge on any atom is -0.478 e. The number of nitrogens with zero attached hydrogens (tertiary/aromatic N) is 6. The summed E-state index contributed by atoms with van der Waals surface area (Å²) < 4.78 is 13.8. The van der Waals surface area contributed by atoms with Crippen LogP contribution >= 0.6 is 11.6 Å². The fraction of sp³-hybridized carbons (Fsp3) is 0.478. The zero-order valence-electron chi connectivity index (χ0n) is 36.5. The average Bonchev–Trinajstić information content (AvgIpc) is 3.52. The molecule has 0 spiro atoms. The number of nitrogens with one attached hydrogen (secondary N) is 3. The first-order valence-corrected chi connectivity index (χ1v) is 22.6. The number of fused-ring (bicyclic) bond motifs is 2. The summed E-state index contributed by atoms with van der Waals surface area (Å²) in [5, 5.41) is 20.9. The van der Waals surface area contributed by atoms with Gasteiger partial charge in [0.15, 0.2) is 18.2 Å². The van der Waals surface area contributed by atoms with Crippen molar-refractivity contribution in [2.45, 2.75) is 101 Å². The quantitative estimate of drug-likeness (QED) is 0.149. The Bertz CT molecular complexity index is 2630. The predicted molar refractivity (Wildman–Crippen MR) is 239 cm³/mol. The minimum absolute atomic E-state index is 0.0480. The molecular formula is C46H52ClN9O9. The van der Waals surface area contributed by atoms with Crippen molar-refractivity contribution >= 4 is 69.5 Å².